The summed E-state index contributed by atoms with van der Waals surface area (Å²) in [6, 6.07) is 0. The lowest BCUT2D eigenvalue weighted by atomic mass is 9.92. The van der Waals surface area contributed by atoms with Gasteiger partial charge in [-0.2, -0.15) is 0 Å². The third-order valence-corrected chi connectivity index (χ3v) is 4.88. The fraction of sp³-hybridized carbons (Fsp3) is 0.800. The van der Waals surface area contributed by atoms with Crippen LogP contribution in [0.15, 0.2) is 0 Å². The summed E-state index contributed by atoms with van der Waals surface area (Å²) < 4.78 is 26.4. The van der Waals surface area contributed by atoms with Crippen LogP contribution in [0.1, 0.15) is 6.42 Å². The lowest BCUT2D eigenvalue weighted by Gasteiger charge is -2.41. The van der Waals surface area contributed by atoms with Crippen LogP contribution >= 0.6 is 0 Å². The van der Waals surface area contributed by atoms with Crippen molar-refractivity contribution in [1.82, 2.24) is 0 Å². The van der Waals surface area contributed by atoms with Gasteiger partial charge in [-0.05, 0) is 39.3 Å². The first kappa shape index (κ1) is 23.8. The van der Waals surface area contributed by atoms with Crippen molar-refractivity contribution in [2.75, 3.05) is 21.3 Å². The number of carbonyl (C=O) groups is 3. The SMILES string of the molecule is COC(=O)CC(O[Si](C)(C)C)(C(=O)OC)C(O[Si](C)(C)C)C(=O)OC. The molecule has 0 aliphatic carbocycles. The highest BCUT2D eigenvalue weighted by molar-refractivity contribution is 6.70. The molecule has 0 fully saturated rings. The molecule has 2 atom stereocenters. The predicted octanol–water partition coefficient (Wildman–Crippen LogP) is 1.71. The van der Waals surface area contributed by atoms with Crippen LogP contribution in [0.4, 0.5) is 0 Å². The van der Waals surface area contributed by atoms with Crippen molar-refractivity contribution in [3.05, 3.63) is 0 Å². The first-order chi connectivity index (χ1) is 11.2. The molecule has 25 heavy (non-hydrogen) atoms. The van der Waals surface area contributed by atoms with E-state index in [9.17, 15) is 14.4 Å². The summed E-state index contributed by atoms with van der Waals surface area (Å²) in [7, 11) is -1.24. The zero-order valence-electron chi connectivity index (χ0n) is 16.6. The maximum atomic E-state index is 12.7. The van der Waals surface area contributed by atoms with Crippen molar-refractivity contribution >= 4 is 34.5 Å². The van der Waals surface area contributed by atoms with Gasteiger partial charge in [-0.15, -0.1) is 0 Å². The average Bonchev–Trinajstić information content (AvgIpc) is 2.47. The lowest BCUT2D eigenvalue weighted by molar-refractivity contribution is -0.186. The van der Waals surface area contributed by atoms with E-state index >= 15 is 0 Å². The average molecular weight is 395 g/mol. The van der Waals surface area contributed by atoms with Crippen LogP contribution in [0.25, 0.3) is 0 Å². The number of esters is 3. The minimum absolute atomic E-state index is 0.523. The fourth-order valence-corrected chi connectivity index (χ4v) is 4.55. The number of carbonyl (C=O) groups excluding carboxylic acids is 3. The monoisotopic (exact) mass is 394 g/mol. The molecule has 0 rings (SSSR count). The molecule has 0 heterocycles. The molecule has 0 bridgehead atoms. The molecular weight excluding hydrogens is 364 g/mol. The topological polar surface area (TPSA) is 97.4 Å². The van der Waals surface area contributed by atoms with Gasteiger partial charge in [-0.25, -0.2) is 9.59 Å². The first-order valence-corrected chi connectivity index (χ1v) is 14.6. The molecule has 0 spiro atoms. The quantitative estimate of drug-likeness (QED) is 0.331. The largest absolute Gasteiger partial charge is 0.469 e. The van der Waals surface area contributed by atoms with Crippen molar-refractivity contribution in [2.45, 2.75) is 57.4 Å². The van der Waals surface area contributed by atoms with Gasteiger partial charge in [0.1, 0.15) is 0 Å². The van der Waals surface area contributed by atoms with Crippen LogP contribution in [-0.4, -0.2) is 67.6 Å². The highest BCUT2D eigenvalue weighted by Gasteiger charge is 2.57. The molecule has 0 saturated carbocycles. The Kier molecular flexibility index (Phi) is 8.48. The molecule has 0 radical (unpaired) electrons. The highest BCUT2D eigenvalue weighted by atomic mass is 28.4. The molecule has 2 unspecified atom stereocenters. The summed E-state index contributed by atoms with van der Waals surface area (Å²) >= 11 is 0. The zero-order valence-corrected chi connectivity index (χ0v) is 18.6. The minimum Gasteiger partial charge on any atom is -0.469 e. The molecule has 0 aromatic carbocycles. The Balaban J connectivity index is 6.43. The number of ether oxygens (including phenoxy) is 3. The molecule has 0 aromatic rings. The Morgan fingerprint density at radius 2 is 1.36 bits per heavy atom. The van der Waals surface area contributed by atoms with Crippen molar-refractivity contribution in [3.8, 4) is 0 Å². The maximum absolute atomic E-state index is 12.7. The van der Waals surface area contributed by atoms with Gasteiger partial charge in [0.15, 0.2) is 22.7 Å². The number of hydrogen-bond donors (Lipinski definition) is 0. The third kappa shape index (κ3) is 7.26. The summed E-state index contributed by atoms with van der Waals surface area (Å²) in [6.45, 7) is 11.0. The molecule has 0 aromatic heterocycles. The Labute approximate surface area is 151 Å². The smallest absolute Gasteiger partial charge is 0.341 e. The van der Waals surface area contributed by atoms with Crippen molar-refractivity contribution in [1.29, 1.82) is 0 Å². The van der Waals surface area contributed by atoms with Crippen LogP contribution in [-0.2, 0) is 37.4 Å². The second-order valence-electron chi connectivity index (χ2n) is 7.48. The first-order valence-electron chi connectivity index (χ1n) is 7.83. The number of hydrogen-bond acceptors (Lipinski definition) is 8. The lowest BCUT2D eigenvalue weighted by Crippen LogP contribution is -2.63. The predicted molar refractivity (Wildman–Crippen MR) is 96.0 cm³/mol. The molecule has 0 aliphatic heterocycles. The van der Waals surface area contributed by atoms with E-state index in [0.29, 0.717) is 0 Å². The Bertz CT molecular complexity index is 495. The molecule has 0 amide bonds. The van der Waals surface area contributed by atoms with E-state index in [1.807, 2.05) is 39.3 Å². The van der Waals surface area contributed by atoms with Crippen LogP contribution in [0.2, 0.25) is 39.3 Å². The summed E-state index contributed by atoms with van der Waals surface area (Å²) in [6.07, 6.45) is -1.97. The molecule has 0 aliphatic rings. The van der Waals surface area contributed by atoms with Gasteiger partial charge < -0.3 is 23.1 Å². The van der Waals surface area contributed by atoms with Crippen LogP contribution in [0, 0.1) is 0 Å². The van der Waals surface area contributed by atoms with Crippen molar-refractivity contribution in [2.24, 2.45) is 0 Å². The normalized spacial score (nSPS) is 15.7. The van der Waals surface area contributed by atoms with E-state index in [1.54, 1.807) is 0 Å². The van der Waals surface area contributed by atoms with Gasteiger partial charge in [0.05, 0.1) is 27.8 Å². The number of methoxy groups -OCH3 is 3. The minimum atomic E-state index is -2.43. The van der Waals surface area contributed by atoms with Crippen molar-refractivity contribution < 1.29 is 37.4 Å². The summed E-state index contributed by atoms with van der Waals surface area (Å²) in [4.78, 5) is 37.2. The Morgan fingerprint density at radius 3 is 1.68 bits per heavy atom. The van der Waals surface area contributed by atoms with Crippen LogP contribution in [0.5, 0.6) is 0 Å². The standard InChI is InChI=1S/C15H30O8Si2/c1-19-11(16)10-15(14(18)21-3,23-25(7,8)9)12(13(17)20-2)22-24(4,5)6/h12H,10H2,1-9H3. The fourth-order valence-electron chi connectivity index (χ4n) is 2.20. The summed E-state index contributed by atoms with van der Waals surface area (Å²) in [5, 5.41) is 0. The third-order valence-electron chi connectivity index (χ3n) is 2.96. The number of rotatable bonds is 9. The van der Waals surface area contributed by atoms with Gasteiger partial charge in [-0.3, -0.25) is 4.79 Å². The molecule has 0 saturated heterocycles. The second kappa shape index (κ2) is 8.92. The molecule has 0 N–H and O–H groups in total. The van der Waals surface area contributed by atoms with Gasteiger partial charge in [0.25, 0.3) is 0 Å². The second-order valence-corrected chi connectivity index (χ2v) is 16.4. The molecular formula is C15H30O8Si2. The summed E-state index contributed by atoms with van der Waals surface area (Å²) in [5.74, 6) is -2.42. The van der Waals surface area contributed by atoms with Gasteiger partial charge >= 0.3 is 17.9 Å². The Morgan fingerprint density at radius 1 is 0.840 bits per heavy atom. The van der Waals surface area contributed by atoms with E-state index in [1.165, 1.54) is 14.2 Å². The zero-order chi connectivity index (χ0) is 20.1. The Hall–Kier alpha value is -1.24. The van der Waals surface area contributed by atoms with E-state index < -0.39 is 52.7 Å². The van der Waals surface area contributed by atoms with Gasteiger partial charge in [0.2, 0.25) is 5.60 Å². The van der Waals surface area contributed by atoms with Gasteiger partial charge in [-0.1, -0.05) is 0 Å². The molecule has 10 heteroatoms. The van der Waals surface area contributed by atoms with E-state index in [0.717, 1.165) is 7.11 Å². The summed E-state index contributed by atoms with van der Waals surface area (Å²) in [5.41, 5.74) is -1.97. The van der Waals surface area contributed by atoms with Crippen LogP contribution < -0.4 is 0 Å². The molecule has 146 valence electrons. The maximum Gasteiger partial charge on any atom is 0.341 e. The van der Waals surface area contributed by atoms with Crippen molar-refractivity contribution in [3.63, 3.8) is 0 Å². The molecule has 8 nitrogen and oxygen atoms in total. The highest BCUT2D eigenvalue weighted by Crippen LogP contribution is 2.32. The van der Waals surface area contributed by atoms with Crippen LogP contribution in [0.3, 0.4) is 0 Å². The van der Waals surface area contributed by atoms with E-state index in [-0.39, 0.29) is 0 Å². The van der Waals surface area contributed by atoms with E-state index in [2.05, 4.69) is 0 Å². The van der Waals surface area contributed by atoms with E-state index in [4.69, 9.17) is 23.1 Å². The van der Waals surface area contributed by atoms with Gasteiger partial charge in [0, 0.05) is 0 Å².